The molecule has 0 saturated carbocycles. The standard InChI is InChI=1S/C16H15Cl2FN2O2/c1-9-6-13(14(23-2)7-11(9)18)21-15(22)8-20-12-5-3-4-10(17)16(12)19/h3-7,20H,8H2,1-2H3,(H,21,22). The van der Waals surface area contributed by atoms with Crippen molar-refractivity contribution in [2.75, 3.05) is 24.3 Å². The molecule has 0 aliphatic carbocycles. The van der Waals surface area contributed by atoms with Crippen LogP contribution in [0.1, 0.15) is 5.56 Å². The molecule has 0 bridgehead atoms. The number of ether oxygens (including phenoxy) is 1. The van der Waals surface area contributed by atoms with Crippen LogP contribution in [-0.4, -0.2) is 19.6 Å². The third kappa shape index (κ3) is 4.27. The second-order valence-electron chi connectivity index (χ2n) is 4.80. The molecule has 0 unspecified atom stereocenters. The molecule has 0 fully saturated rings. The van der Waals surface area contributed by atoms with Gasteiger partial charge in [0.05, 0.1) is 30.1 Å². The largest absolute Gasteiger partial charge is 0.495 e. The van der Waals surface area contributed by atoms with Gasteiger partial charge in [0.1, 0.15) is 5.75 Å². The predicted octanol–water partition coefficient (Wildman–Crippen LogP) is 4.50. The van der Waals surface area contributed by atoms with Gasteiger partial charge in [0, 0.05) is 11.1 Å². The lowest BCUT2D eigenvalue weighted by molar-refractivity contribution is -0.114. The van der Waals surface area contributed by atoms with Crippen LogP contribution < -0.4 is 15.4 Å². The van der Waals surface area contributed by atoms with E-state index in [1.54, 1.807) is 18.2 Å². The van der Waals surface area contributed by atoms with Crippen molar-refractivity contribution in [2.45, 2.75) is 6.92 Å². The lowest BCUT2D eigenvalue weighted by Gasteiger charge is -2.13. The second kappa shape index (κ2) is 7.53. The Hall–Kier alpha value is -1.98. The fraction of sp³-hybridized carbons (Fsp3) is 0.188. The number of amides is 1. The van der Waals surface area contributed by atoms with E-state index in [9.17, 15) is 9.18 Å². The molecule has 0 atom stereocenters. The van der Waals surface area contributed by atoms with Crippen LogP contribution in [0, 0.1) is 12.7 Å². The van der Waals surface area contributed by atoms with E-state index in [-0.39, 0.29) is 23.2 Å². The second-order valence-corrected chi connectivity index (χ2v) is 5.62. The highest BCUT2D eigenvalue weighted by Gasteiger charge is 2.12. The van der Waals surface area contributed by atoms with Crippen molar-refractivity contribution in [3.8, 4) is 5.75 Å². The van der Waals surface area contributed by atoms with Gasteiger partial charge in [0.25, 0.3) is 0 Å². The summed E-state index contributed by atoms with van der Waals surface area (Å²) in [4.78, 5) is 12.0. The number of hydrogen-bond donors (Lipinski definition) is 2. The third-order valence-corrected chi connectivity index (χ3v) is 3.84. The molecule has 0 aliphatic rings. The minimum Gasteiger partial charge on any atom is -0.495 e. The molecule has 0 spiro atoms. The number of carbonyl (C=O) groups excluding carboxylic acids is 1. The van der Waals surface area contributed by atoms with Crippen LogP contribution in [0.25, 0.3) is 0 Å². The Balaban J connectivity index is 2.05. The molecule has 2 rings (SSSR count). The van der Waals surface area contributed by atoms with E-state index >= 15 is 0 Å². The molecule has 7 heteroatoms. The summed E-state index contributed by atoms with van der Waals surface area (Å²) in [5.41, 5.74) is 1.45. The van der Waals surface area contributed by atoms with E-state index < -0.39 is 5.82 Å². The molecule has 0 heterocycles. The zero-order chi connectivity index (χ0) is 17.0. The van der Waals surface area contributed by atoms with Gasteiger partial charge in [-0.1, -0.05) is 29.3 Å². The predicted molar refractivity (Wildman–Crippen MR) is 91.3 cm³/mol. The normalized spacial score (nSPS) is 10.3. The molecular weight excluding hydrogens is 342 g/mol. The Morgan fingerprint density at radius 1 is 1.22 bits per heavy atom. The quantitative estimate of drug-likeness (QED) is 0.828. The average molecular weight is 357 g/mol. The molecule has 0 aliphatic heterocycles. The van der Waals surface area contributed by atoms with Gasteiger partial charge in [-0.05, 0) is 30.7 Å². The highest BCUT2D eigenvalue weighted by atomic mass is 35.5. The van der Waals surface area contributed by atoms with Gasteiger partial charge < -0.3 is 15.4 Å². The first-order valence-corrected chi connectivity index (χ1v) is 7.50. The van der Waals surface area contributed by atoms with Crippen molar-refractivity contribution in [3.05, 3.63) is 51.8 Å². The zero-order valence-corrected chi connectivity index (χ0v) is 14.1. The van der Waals surface area contributed by atoms with Crippen LogP contribution in [0.3, 0.4) is 0 Å². The molecule has 0 aromatic heterocycles. The zero-order valence-electron chi connectivity index (χ0n) is 12.5. The maximum Gasteiger partial charge on any atom is 0.243 e. The Labute approximate surface area is 143 Å². The number of nitrogens with one attached hydrogen (secondary N) is 2. The molecule has 2 N–H and O–H groups in total. The number of benzene rings is 2. The summed E-state index contributed by atoms with van der Waals surface area (Å²) in [7, 11) is 1.48. The number of aryl methyl sites for hydroxylation is 1. The summed E-state index contributed by atoms with van der Waals surface area (Å²) in [6.07, 6.45) is 0. The smallest absolute Gasteiger partial charge is 0.243 e. The monoisotopic (exact) mass is 356 g/mol. The fourth-order valence-corrected chi connectivity index (χ4v) is 2.27. The number of methoxy groups -OCH3 is 1. The van der Waals surface area contributed by atoms with Gasteiger partial charge in [0.15, 0.2) is 5.82 Å². The van der Waals surface area contributed by atoms with E-state index in [4.69, 9.17) is 27.9 Å². The van der Waals surface area contributed by atoms with Crippen LogP contribution in [0.5, 0.6) is 5.75 Å². The van der Waals surface area contributed by atoms with Gasteiger partial charge in [-0.2, -0.15) is 0 Å². The van der Waals surface area contributed by atoms with E-state index in [0.717, 1.165) is 5.56 Å². The lowest BCUT2D eigenvalue weighted by atomic mass is 10.2. The summed E-state index contributed by atoms with van der Waals surface area (Å²) in [6, 6.07) is 7.86. The van der Waals surface area contributed by atoms with Crippen LogP contribution in [0.4, 0.5) is 15.8 Å². The summed E-state index contributed by atoms with van der Waals surface area (Å²) < 4.78 is 18.9. The third-order valence-electron chi connectivity index (χ3n) is 3.15. The highest BCUT2D eigenvalue weighted by molar-refractivity contribution is 6.31. The molecule has 2 aromatic rings. The van der Waals surface area contributed by atoms with E-state index in [1.165, 1.54) is 19.2 Å². The average Bonchev–Trinajstić information content (AvgIpc) is 2.52. The van der Waals surface area contributed by atoms with E-state index in [1.807, 2.05) is 6.92 Å². The van der Waals surface area contributed by atoms with Gasteiger partial charge in [-0.15, -0.1) is 0 Å². The SMILES string of the molecule is COc1cc(Cl)c(C)cc1NC(=O)CNc1cccc(Cl)c1F. The number of rotatable bonds is 5. The van der Waals surface area contributed by atoms with E-state index in [2.05, 4.69) is 10.6 Å². The maximum absolute atomic E-state index is 13.7. The molecule has 23 heavy (non-hydrogen) atoms. The van der Waals surface area contributed by atoms with Crippen LogP contribution in [-0.2, 0) is 4.79 Å². The summed E-state index contributed by atoms with van der Waals surface area (Å²) in [6.45, 7) is 1.69. The van der Waals surface area contributed by atoms with Crippen molar-refractivity contribution in [2.24, 2.45) is 0 Å². The van der Waals surface area contributed by atoms with Crippen molar-refractivity contribution >= 4 is 40.5 Å². The Morgan fingerprint density at radius 2 is 1.96 bits per heavy atom. The maximum atomic E-state index is 13.7. The first-order chi connectivity index (χ1) is 10.9. The molecule has 0 saturated heterocycles. The first-order valence-electron chi connectivity index (χ1n) is 6.74. The summed E-state index contributed by atoms with van der Waals surface area (Å²) >= 11 is 11.7. The van der Waals surface area contributed by atoms with Crippen LogP contribution in [0.2, 0.25) is 10.0 Å². The fourth-order valence-electron chi connectivity index (χ4n) is 1.94. The van der Waals surface area contributed by atoms with Gasteiger partial charge in [-0.25, -0.2) is 4.39 Å². The summed E-state index contributed by atoms with van der Waals surface area (Å²) in [5.74, 6) is -0.505. The molecular formula is C16H15Cl2FN2O2. The number of carbonyl (C=O) groups is 1. The van der Waals surface area contributed by atoms with Crippen LogP contribution in [0.15, 0.2) is 30.3 Å². The molecule has 122 valence electrons. The van der Waals surface area contributed by atoms with Gasteiger partial charge in [-0.3, -0.25) is 4.79 Å². The van der Waals surface area contributed by atoms with E-state index in [0.29, 0.717) is 16.5 Å². The minimum atomic E-state index is -0.595. The van der Waals surface area contributed by atoms with Crippen molar-refractivity contribution < 1.29 is 13.9 Å². The summed E-state index contributed by atoms with van der Waals surface area (Å²) in [5, 5.41) is 5.92. The lowest BCUT2D eigenvalue weighted by Crippen LogP contribution is -2.22. The van der Waals surface area contributed by atoms with Crippen LogP contribution >= 0.6 is 23.2 Å². The molecule has 0 radical (unpaired) electrons. The van der Waals surface area contributed by atoms with Gasteiger partial charge >= 0.3 is 0 Å². The Kier molecular flexibility index (Phi) is 5.69. The number of hydrogen-bond acceptors (Lipinski definition) is 3. The number of anilines is 2. The highest BCUT2D eigenvalue weighted by Crippen LogP contribution is 2.31. The number of halogens is 3. The van der Waals surface area contributed by atoms with Crippen molar-refractivity contribution in [1.82, 2.24) is 0 Å². The van der Waals surface area contributed by atoms with Gasteiger partial charge in [0.2, 0.25) is 5.91 Å². The molecule has 4 nitrogen and oxygen atoms in total. The molecule has 1 amide bonds. The topological polar surface area (TPSA) is 50.4 Å². The van der Waals surface area contributed by atoms with Crippen molar-refractivity contribution in [3.63, 3.8) is 0 Å². The first kappa shape index (κ1) is 17.4. The van der Waals surface area contributed by atoms with Crippen molar-refractivity contribution in [1.29, 1.82) is 0 Å². The Bertz CT molecular complexity index is 738. The molecule has 2 aromatic carbocycles. The minimum absolute atomic E-state index is 0.00889. The Morgan fingerprint density at radius 3 is 2.65 bits per heavy atom.